The van der Waals surface area contributed by atoms with Gasteiger partial charge >= 0.3 is 0 Å². The molecule has 1 N–H and O–H groups in total. The number of hydrogen-bond acceptors (Lipinski definition) is 5. The number of fused-ring (bicyclic) bond motifs is 1. The lowest BCUT2D eigenvalue weighted by Crippen LogP contribution is -2.32. The normalized spacial score (nSPS) is 19.4. The topological polar surface area (TPSA) is 89.4 Å². The maximum atomic E-state index is 12.0. The van der Waals surface area contributed by atoms with Crippen molar-refractivity contribution < 1.29 is 14.3 Å². The molecule has 2 amide bonds. The van der Waals surface area contributed by atoms with Crippen molar-refractivity contribution in [3.63, 3.8) is 0 Å². The van der Waals surface area contributed by atoms with E-state index in [0.29, 0.717) is 18.1 Å². The monoisotopic (exact) mass is 341 g/mol. The predicted octanol–water partition coefficient (Wildman–Crippen LogP) is 1.21. The van der Waals surface area contributed by atoms with E-state index in [1.54, 1.807) is 4.68 Å². The van der Waals surface area contributed by atoms with Crippen LogP contribution < -0.4 is 10.1 Å². The van der Waals surface area contributed by atoms with Crippen LogP contribution in [0.2, 0.25) is 0 Å². The smallest absolute Gasteiger partial charge is 0.260 e. The molecule has 8 heteroatoms. The van der Waals surface area contributed by atoms with Crippen molar-refractivity contribution in [2.24, 2.45) is 0 Å². The summed E-state index contributed by atoms with van der Waals surface area (Å²) < 4.78 is 7.30. The Morgan fingerprint density at radius 1 is 1.24 bits per heavy atom. The zero-order chi connectivity index (χ0) is 17.2. The Morgan fingerprint density at radius 2 is 2.00 bits per heavy atom. The second-order valence-electron chi connectivity index (χ2n) is 6.24. The minimum atomic E-state index is -0.188. The maximum Gasteiger partial charge on any atom is 0.260 e. The number of hydrogen-bond donors (Lipinski definition) is 1. The third-order valence-corrected chi connectivity index (χ3v) is 4.58. The largest absolute Gasteiger partial charge is 0.484 e. The number of ether oxygens (including phenoxy) is 1. The van der Waals surface area contributed by atoms with Gasteiger partial charge in [0.05, 0.1) is 12.5 Å². The molecule has 1 saturated heterocycles. The maximum absolute atomic E-state index is 12.0. The first-order valence-electron chi connectivity index (χ1n) is 8.40. The summed E-state index contributed by atoms with van der Waals surface area (Å²) in [6.07, 6.45) is 3.87. The second kappa shape index (κ2) is 6.54. The van der Waals surface area contributed by atoms with E-state index in [9.17, 15) is 9.59 Å². The molecule has 4 rings (SSSR count). The van der Waals surface area contributed by atoms with E-state index in [-0.39, 0.29) is 24.5 Å². The summed E-state index contributed by atoms with van der Waals surface area (Å²) in [4.78, 5) is 29.7. The van der Waals surface area contributed by atoms with Gasteiger partial charge in [0.15, 0.2) is 6.61 Å². The van der Waals surface area contributed by atoms with Crippen LogP contribution in [0.15, 0.2) is 30.6 Å². The van der Waals surface area contributed by atoms with E-state index in [0.717, 1.165) is 31.5 Å². The Balaban J connectivity index is 1.42. The summed E-state index contributed by atoms with van der Waals surface area (Å²) in [5, 5.41) is 6.88. The van der Waals surface area contributed by atoms with Gasteiger partial charge in [0.25, 0.3) is 5.91 Å². The van der Waals surface area contributed by atoms with Gasteiger partial charge in [-0.25, -0.2) is 4.68 Å². The van der Waals surface area contributed by atoms with Crippen molar-refractivity contribution in [3.8, 4) is 5.75 Å². The number of likely N-dealkylation sites (tertiary alicyclic amines) is 1. The molecule has 2 aliphatic heterocycles. The average molecular weight is 341 g/mol. The summed E-state index contributed by atoms with van der Waals surface area (Å²) in [6.45, 7) is 1.70. The third-order valence-electron chi connectivity index (χ3n) is 4.58. The van der Waals surface area contributed by atoms with Crippen LogP contribution >= 0.6 is 0 Å². The van der Waals surface area contributed by atoms with E-state index >= 15 is 0 Å². The molecule has 0 spiro atoms. The van der Waals surface area contributed by atoms with Crippen LogP contribution in [-0.2, 0) is 9.59 Å². The Kier molecular flexibility index (Phi) is 4.09. The molecule has 1 aromatic heterocycles. The van der Waals surface area contributed by atoms with Crippen LogP contribution in [0.4, 0.5) is 5.95 Å². The summed E-state index contributed by atoms with van der Waals surface area (Å²) in [5.74, 6) is 1.04. The van der Waals surface area contributed by atoms with Crippen LogP contribution in [0.5, 0.6) is 5.75 Å². The summed E-state index contributed by atoms with van der Waals surface area (Å²) in [6, 6.07) is 7.23. The van der Waals surface area contributed by atoms with Gasteiger partial charge in [0.2, 0.25) is 11.9 Å². The summed E-state index contributed by atoms with van der Waals surface area (Å²) in [5.41, 5.74) is 0.944. The highest BCUT2D eigenvalue weighted by Gasteiger charge is 2.27. The third kappa shape index (κ3) is 3.19. The number of aromatic nitrogens is 3. The number of nitrogens with zero attached hydrogens (tertiary/aromatic N) is 4. The number of carbonyl (C=O) groups excluding carboxylic acids is 2. The van der Waals surface area contributed by atoms with Crippen LogP contribution in [-0.4, -0.2) is 51.2 Å². The molecule has 2 aliphatic rings. The number of benzene rings is 1. The zero-order valence-electron chi connectivity index (χ0n) is 13.7. The van der Waals surface area contributed by atoms with Crippen LogP contribution in [0.3, 0.4) is 0 Å². The lowest BCUT2D eigenvalue weighted by molar-refractivity contribution is -0.132. The molecule has 25 heavy (non-hydrogen) atoms. The van der Waals surface area contributed by atoms with Gasteiger partial charge in [0.1, 0.15) is 12.1 Å². The Bertz CT molecular complexity index is 780. The quantitative estimate of drug-likeness (QED) is 0.903. The van der Waals surface area contributed by atoms with Gasteiger partial charge < -0.3 is 9.64 Å². The van der Waals surface area contributed by atoms with Gasteiger partial charge in [-0.15, -0.1) is 0 Å². The van der Waals surface area contributed by atoms with Gasteiger partial charge in [-0.05, 0) is 30.5 Å². The molecule has 8 nitrogen and oxygen atoms in total. The first kappa shape index (κ1) is 15.6. The summed E-state index contributed by atoms with van der Waals surface area (Å²) in [7, 11) is 0. The van der Waals surface area contributed by atoms with Crippen LogP contribution in [0.1, 0.15) is 30.9 Å². The second-order valence-corrected chi connectivity index (χ2v) is 6.24. The Labute approximate surface area is 144 Å². The molecule has 3 heterocycles. The number of anilines is 1. The molecule has 130 valence electrons. The van der Waals surface area contributed by atoms with E-state index in [1.165, 1.54) is 6.33 Å². The van der Waals surface area contributed by atoms with Crippen molar-refractivity contribution in [1.29, 1.82) is 0 Å². The average Bonchev–Trinajstić information content (AvgIpc) is 3.31. The minimum Gasteiger partial charge on any atom is -0.484 e. The summed E-state index contributed by atoms with van der Waals surface area (Å²) >= 11 is 0. The molecule has 0 unspecified atom stereocenters. The number of rotatable bonds is 4. The van der Waals surface area contributed by atoms with Gasteiger partial charge in [-0.3, -0.25) is 14.9 Å². The van der Waals surface area contributed by atoms with Crippen molar-refractivity contribution in [3.05, 3.63) is 36.2 Å². The minimum absolute atomic E-state index is 0.0257. The lowest BCUT2D eigenvalue weighted by atomic mass is 10.0. The van der Waals surface area contributed by atoms with E-state index in [4.69, 9.17) is 4.74 Å². The van der Waals surface area contributed by atoms with Gasteiger partial charge in [-0.2, -0.15) is 10.1 Å². The molecule has 0 radical (unpaired) electrons. The van der Waals surface area contributed by atoms with Crippen LogP contribution in [0, 0.1) is 0 Å². The molecule has 1 fully saturated rings. The highest BCUT2D eigenvalue weighted by molar-refractivity contribution is 5.91. The molecule has 0 saturated carbocycles. The van der Waals surface area contributed by atoms with Crippen molar-refractivity contribution >= 4 is 17.8 Å². The fourth-order valence-corrected chi connectivity index (χ4v) is 3.25. The molecule has 0 aliphatic carbocycles. The van der Waals surface area contributed by atoms with Crippen LogP contribution in [0.25, 0.3) is 0 Å². The van der Waals surface area contributed by atoms with E-state index in [2.05, 4.69) is 15.4 Å². The predicted molar refractivity (Wildman–Crippen MR) is 89.2 cm³/mol. The highest BCUT2D eigenvalue weighted by Crippen LogP contribution is 2.29. The first-order valence-corrected chi connectivity index (χ1v) is 8.40. The lowest BCUT2D eigenvalue weighted by Gasteiger charge is -2.23. The van der Waals surface area contributed by atoms with E-state index in [1.807, 2.05) is 29.2 Å². The molecule has 2 aromatic rings. The molecular weight excluding hydrogens is 322 g/mol. The van der Waals surface area contributed by atoms with Gasteiger partial charge in [-0.1, -0.05) is 12.1 Å². The fraction of sp³-hybridized carbons (Fsp3) is 0.412. The standard InChI is InChI=1S/C17H19N5O3/c23-15-9-14(22-17(20-15)18-11-19-22)12-3-5-13(6-4-12)25-10-16(24)21-7-1-2-8-21/h3-6,11,14H,1-2,7-10H2,(H,18,19,20,23)/t14-/m1/s1. The first-order chi connectivity index (χ1) is 12.2. The van der Waals surface area contributed by atoms with Crippen molar-refractivity contribution in [2.75, 3.05) is 25.0 Å². The van der Waals surface area contributed by atoms with Crippen molar-refractivity contribution in [2.45, 2.75) is 25.3 Å². The molecular formula is C17H19N5O3. The SMILES string of the molecule is O=C1C[C@H](c2ccc(OCC(=O)N3CCCC3)cc2)n2ncnc2N1. The molecule has 0 bridgehead atoms. The Morgan fingerprint density at radius 3 is 2.76 bits per heavy atom. The fourth-order valence-electron chi connectivity index (χ4n) is 3.25. The number of amides is 2. The zero-order valence-corrected chi connectivity index (χ0v) is 13.7. The van der Waals surface area contributed by atoms with Gasteiger partial charge in [0, 0.05) is 13.1 Å². The van der Waals surface area contributed by atoms with E-state index < -0.39 is 0 Å². The molecule has 1 atom stereocenters. The molecule has 1 aromatic carbocycles. The number of carbonyl (C=O) groups is 2. The highest BCUT2D eigenvalue weighted by atomic mass is 16.5. The Hall–Kier alpha value is -2.90. The number of nitrogens with one attached hydrogen (secondary N) is 1. The van der Waals surface area contributed by atoms with Crippen molar-refractivity contribution in [1.82, 2.24) is 19.7 Å².